The van der Waals surface area contributed by atoms with Crippen molar-refractivity contribution < 1.29 is 22.0 Å². The van der Waals surface area contributed by atoms with Crippen LogP contribution in [0.1, 0.15) is 33.9 Å². The lowest BCUT2D eigenvalue weighted by Gasteiger charge is -2.26. The molecule has 6 nitrogen and oxygen atoms in total. The van der Waals surface area contributed by atoms with Gasteiger partial charge < -0.3 is 13.7 Å². The maximum absolute atomic E-state index is 13.3. The molecule has 2 aromatic heterocycles. The first-order valence-electron chi connectivity index (χ1n) is 8.87. The van der Waals surface area contributed by atoms with Crippen molar-refractivity contribution in [2.75, 3.05) is 11.5 Å². The van der Waals surface area contributed by atoms with Gasteiger partial charge in [-0.25, -0.2) is 8.42 Å². The number of rotatable bonds is 4. The van der Waals surface area contributed by atoms with Gasteiger partial charge in [0.1, 0.15) is 11.3 Å². The summed E-state index contributed by atoms with van der Waals surface area (Å²) in [6.07, 6.45) is 1.96. The van der Waals surface area contributed by atoms with E-state index in [2.05, 4.69) is 0 Å². The maximum Gasteiger partial charge on any atom is 0.290 e. The van der Waals surface area contributed by atoms with E-state index in [1.165, 1.54) is 0 Å². The maximum atomic E-state index is 13.3. The van der Waals surface area contributed by atoms with Crippen molar-refractivity contribution in [2.24, 2.45) is 0 Å². The number of hydrogen-bond donors (Lipinski definition) is 0. The number of fused-ring (bicyclic) bond motifs is 1. The molecule has 0 aliphatic carbocycles. The van der Waals surface area contributed by atoms with Crippen LogP contribution in [0.4, 0.5) is 0 Å². The van der Waals surface area contributed by atoms with Gasteiger partial charge in [0.2, 0.25) is 0 Å². The summed E-state index contributed by atoms with van der Waals surface area (Å²) < 4.78 is 35.2. The molecule has 1 aliphatic heterocycles. The number of furan rings is 2. The highest BCUT2D eigenvalue weighted by atomic mass is 32.2. The molecule has 7 heteroatoms. The van der Waals surface area contributed by atoms with Crippen LogP contribution in [0.25, 0.3) is 11.0 Å². The molecular formula is C20H21NO5S. The van der Waals surface area contributed by atoms with Gasteiger partial charge in [0, 0.05) is 17.0 Å². The lowest BCUT2D eigenvalue weighted by molar-refractivity contribution is 0.0634. The quantitative estimate of drug-likeness (QED) is 0.685. The van der Waals surface area contributed by atoms with Crippen LogP contribution in [0, 0.1) is 13.8 Å². The molecule has 1 aliphatic rings. The largest absolute Gasteiger partial charge is 0.467 e. The Hall–Kier alpha value is -2.54. The molecule has 1 aromatic carbocycles. The Labute approximate surface area is 157 Å². The summed E-state index contributed by atoms with van der Waals surface area (Å²) in [7, 11) is -3.13. The molecule has 0 saturated carbocycles. The van der Waals surface area contributed by atoms with E-state index in [0.29, 0.717) is 17.8 Å². The van der Waals surface area contributed by atoms with Gasteiger partial charge in [-0.05, 0) is 44.0 Å². The second-order valence-electron chi connectivity index (χ2n) is 7.13. The SMILES string of the molecule is Cc1ccc2c(C)c(C(=O)N(Cc3ccco3)[C@H]3CCS(=O)(=O)C3)oc2c1. The first-order chi connectivity index (χ1) is 12.8. The van der Waals surface area contributed by atoms with Gasteiger partial charge in [-0.15, -0.1) is 0 Å². The standard InChI is InChI=1S/C20H21NO5S/c1-13-5-6-17-14(2)19(26-18(17)10-13)20(22)21(11-16-4-3-8-25-16)15-7-9-27(23,24)12-15/h3-6,8,10,15H,7,9,11-12H2,1-2H3/t15-/m0/s1. The molecule has 3 aromatic rings. The van der Waals surface area contributed by atoms with Gasteiger partial charge in [-0.3, -0.25) is 4.79 Å². The summed E-state index contributed by atoms with van der Waals surface area (Å²) in [5.74, 6) is 0.624. The van der Waals surface area contributed by atoms with Crippen molar-refractivity contribution in [1.29, 1.82) is 0 Å². The zero-order chi connectivity index (χ0) is 19.2. The van der Waals surface area contributed by atoms with E-state index in [0.717, 1.165) is 16.5 Å². The fourth-order valence-electron chi connectivity index (χ4n) is 3.63. The van der Waals surface area contributed by atoms with Crippen LogP contribution in [0.15, 0.2) is 45.4 Å². The van der Waals surface area contributed by atoms with Crippen LogP contribution in [0.2, 0.25) is 0 Å². The summed E-state index contributed by atoms with van der Waals surface area (Å²) in [6.45, 7) is 4.03. The zero-order valence-electron chi connectivity index (χ0n) is 15.3. The second kappa shape index (κ2) is 6.56. The second-order valence-corrected chi connectivity index (χ2v) is 9.35. The van der Waals surface area contributed by atoms with Gasteiger partial charge in [0.05, 0.1) is 24.3 Å². The van der Waals surface area contributed by atoms with Crippen molar-refractivity contribution in [2.45, 2.75) is 32.9 Å². The Morgan fingerprint density at radius 2 is 2.07 bits per heavy atom. The van der Waals surface area contributed by atoms with E-state index in [1.807, 2.05) is 32.0 Å². The van der Waals surface area contributed by atoms with Crippen LogP contribution in [0.5, 0.6) is 0 Å². The van der Waals surface area contributed by atoms with Crippen molar-refractivity contribution in [3.8, 4) is 0 Å². The minimum absolute atomic E-state index is 0.0299. The monoisotopic (exact) mass is 387 g/mol. The number of benzene rings is 1. The molecule has 0 spiro atoms. The average Bonchev–Trinajstić information content (AvgIpc) is 3.32. The minimum Gasteiger partial charge on any atom is -0.467 e. The number of aryl methyl sites for hydroxylation is 2. The first kappa shape index (κ1) is 17.9. The third-order valence-corrected chi connectivity index (χ3v) is 6.85. The zero-order valence-corrected chi connectivity index (χ0v) is 16.1. The van der Waals surface area contributed by atoms with E-state index in [4.69, 9.17) is 8.83 Å². The highest BCUT2D eigenvalue weighted by Gasteiger charge is 2.37. The smallest absolute Gasteiger partial charge is 0.290 e. The highest BCUT2D eigenvalue weighted by Crippen LogP contribution is 2.29. The number of amides is 1. The number of nitrogens with zero attached hydrogens (tertiary/aromatic N) is 1. The van der Waals surface area contributed by atoms with Gasteiger partial charge in [-0.2, -0.15) is 0 Å². The summed E-state index contributed by atoms with van der Waals surface area (Å²) in [5.41, 5.74) is 2.47. The van der Waals surface area contributed by atoms with E-state index in [1.54, 1.807) is 23.3 Å². The normalized spacial score (nSPS) is 18.8. The molecule has 0 bridgehead atoms. The van der Waals surface area contributed by atoms with Crippen molar-refractivity contribution in [3.05, 3.63) is 59.2 Å². The lowest BCUT2D eigenvalue weighted by Crippen LogP contribution is -2.40. The molecule has 0 radical (unpaired) electrons. The van der Waals surface area contributed by atoms with Crippen LogP contribution >= 0.6 is 0 Å². The Balaban J connectivity index is 1.73. The predicted octanol–water partition coefficient (Wildman–Crippen LogP) is 3.47. The summed E-state index contributed by atoms with van der Waals surface area (Å²) in [5, 5.41) is 0.890. The third-order valence-electron chi connectivity index (χ3n) is 5.10. The molecular weight excluding hydrogens is 366 g/mol. The van der Waals surface area contributed by atoms with Crippen LogP contribution in [0.3, 0.4) is 0 Å². The Bertz CT molecular complexity index is 1100. The molecule has 3 heterocycles. The third kappa shape index (κ3) is 3.39. The number of sulfone groups is 1. The number of carbonyl (C=O) groups is 1. The topological polar surface area (TPSA) is 80.7 Å². The summed E-state index contributed by atoms with van der Waals surface area (Å²) >= 11 is 0. The van der Waals surface area contributed by atoms with Gasteiger partial charge in [-0.1, -0.05) is 12.1 Å². The van der Waals surface area contributed by atoms with Crippen LogP contribution in [-0.2, 0) is 16.4 Å². The van der Waals surface area contributed by atoms with Gasteiger partial charge >= 0.3 is 0 Å². The van der Waals surface area contributed by atoms with E-state index >= 15 is 0 Å². The minimum atomic E-state index is -3.13. The number of hydrogen-bond acceptors (Lipinski definition) is 5. The lowest BCUT2D eigenvalue weighted by atomic mass is 10.1. The average molecular weight is 387 g/mol. The van der Waals surface area contributed by atoms with E-state index in [9.17, 15) is 13.2 Å². The predicted molar refractivity (Wildman–Crippen MR) is 101 cm³/mol. The molecule has 4 rings (SSSR count). The van der Waals surface area contributed by atoms with Crippen molar-refractivity contribution >= 4 is 26.7 Å². The Morgan fingerprint density at radius 1 is 1.26 bits per heavy atom. The molecule has 1 fully saturated rings. The highest BCUT2D eigenvalue weighted by molar-refractivity contribution is 7.91. The summed E-state index contributed by atoms with van der Waals surface area (Å²) in [4.78, 5) is 14.9. The number of carbonyl (C=O) groups excluding carboxylic acids is 1. The molecule has 1 amide bonds. The first-order valence-corrected chi connectivity index (χ1v) is 10.7. The van der Waals surface area contributed by atoms with Gasteiger partial charge in [0.25, 0.3) is 5.91 Å². The molecule has 1 saturated heterocycles. The fourth-order valence-corrected chi connectivity index (χ4v) is 5.36. The molecule has 0 N–H and O–H groups in total. The van der Waals surface area contributed by atoms with Crippen molar-refractivity contribution in [1.82, 2.24) is 4.90 Å². The van der Waals surface area contributed by atoms with Crippen molar-refractivity contribution in [3.63, 3.8) is 0 Å². The van der Waals surface area contributed by atoms with Crippen LogP contribution in [-0.4, -0.2) is 36.8 Å². The van der Waals surface area contributed by atoms with Crippen LogP contribution < -0.4 is 0 Å². The fraction of sp³-hybridized carbons (Fsp3) is 0.350. The van der Waals surface area contributed by atoms with E-state index < -0.39 is 9.84 Å². The molecule has 142 valence electrons. The Morgan fingerprint density at radius 3 is 2.74 bits per heavy atom. The summed E-state index contributed by atoms with van der Waals surface area (Å²) in [6, 6.07) is 8.95. The van der Waals surface area contributed by atoms with Gasteiger partial charge in [0.15, 0.2) is 15.6 Å². The molecule has 27 heavy (non-hydrogen) atoms. The Kier molecular flexibility index (Phi) is 4.34. The molecule has 1 atom stereocenters. The molecule has 0 unspecified atom stereocenters. The van der Waals surface area contributed by atoms with E-state index in [-0.39, 0.29) is 35.8 Å².